The first-order valence-corrected chi connectivity index (χ1v) is 8.34. The van der Waals surface area contributed by atoms with Crippen LogP contribution in [-0.2, 0) is 6.54 Å². The Kier molecular flexibility index (Phi) is 5.43. The van der Waals surface area contributed by atoms with E-state index in [1.165, 1.54) is 6.33 Å². The fourth-order valence-electron chi connectivity index (χ4n) is 3.08. The zero-order valence-corrected chi connectivity index (χ0v) is 13.5. The summed E-state index contributed by atoms with van der Waals surface area (Å²) in [5.74, 6) is 1.10. The van der Waals surface area contributed by atoms with Crippen LogP contribution in [0.2, 0.25) is 0 Å². The Balaban J connectivity index is 1.47. The van der Waals surface area contributed by atoms with Gasteiger partial charge in [0.25, 0.3) is 0 Å². The lowest BCUT2D eigenvalue weighted by molar-refractivity contribution is 0.174. The fraction of sp³-hybridized carbons (Fsp3) is 0.471. The number of carbonyl (C=O) groups is 1. The summed E-state index contributed by atoms with van der Waals surface area (Å²) in [6.07, 6.45) is 5.28. The monoisotopic (exact) mass is 329 g/mol. The minimum absolute atomic E-state index is 0.146. The Morgan fingerprint density at radius 1 is 1.29 bits per heavy atom. The van der Waals surface area contributed by atoms with Gasteiger partial charge in [0.05, 0.1) is 0 Å². The zero-order valence-electron chi connectivity index (χ0n) is 13.5. The van der Waals surface area contributed by atoms with Gasteiger partial charge in [-0.1, -0.05) is 18.2 Å². The normalized spacial score (nSPS) is 20.5. The van der Waals surface area contributed by atoms with E-state index in [2.05, 4.69) is 25.8 Å². The number of nitrogens with one attached hydrogen (secondary N) is 3. The first-order chi connectivity index (χ1) is 11.7. The van der Waals surface area contributed by atoms with Crippen LogP contribution in [0.25, 0.3) is 11.4 Å². The van der Waals surface area contributed by atoms with Crippen LogP contribution in [-0.4, -0.2) is 39.0 Å². The Bertz CT molecular complexity index is 651. The molecule has 0 radical (unpaired) electrons. The Labute approximate surface area is 140 Å². The van der Waals surface area contributed by atoms with Gasteiger partial charge in [0, 0.05) is 24.8 Å². The lowest BCUT2D eigenvalue weighted by Gasteiger charge is -2.27. The summed E-state index contributed by atoms with van der Waals surface area (Å²) in [6.45, 7) is 0.709. The van der Waals surface area contributed by atoms with Crippen LogP contribution < -0.4 is 10.6 Å². The summed E-state index contributed by atoms with van der Waals surface area (Å²) < 4.78 is 0. The summed E-state index contributed by atoms with van der Waals surface area (Å²) in [5.41, 5.74) is 1.94. The maximum atomic E-state index is 12.0. The highest BCUT2D eigenvalue weighted by molar-refractivity contribution is 5.74. The van der Waals surface area contributed by atoms with Crippen molar-refractivity contribution in [2.24, 2.45) is 5.92 Å². The van der Waals surface area contributed by atoms with Gasteiger partial charge in [0.1, 0.15) is 6.33 Å². The van der Waals surface area contributed by atoms with Gasteiger partial charge in [-0.15, -0.1) is 0 Å². The molecule has 2 aromatic rings. The Morgan fingerprint density at radius 2 is 2.12 bits per heavy atom. The van der Waals surface area contributed by atoms with Crippen LogP contribution in [0.4, 0.5) is 4.79 Å². The number of rotatable bonds is 5. The predicted octanol–water partition coefficient (Wildman–Crippen LogP) is 1.82. The van der Waals surface area contributed by atoms with Crippen molar-refractivity contribution in [2.45, 2.75) is 38.3 Å². The molecule has 4 N–H and O–H groups in total. The largest absolute Gasteiger partial charge is 0.396 e. The second-order valence-electron chi connectivity index (χ2n) is 6.26. The van der Waals surface area contributed by atoms with Crippen molar-refractivity contribution in [3.05, 3.63) is 36.2 Å². The maximum Gasteiger partial charge on any atom is 0.315 e. The van der Waals surface area contributed by atoms with Gasteiger partial charge >= 0.3 is 6.03 Å². The van der Waals surface area contributed by atoms with E-state index in [0.29, 0.717) is 18.3 Å². The average molecular weight is 329 g/mol. The molecule has 0 spiro atoms. The van der Waals surface area contributed by atoms with E-state index in [0.717, 1.165) is 36.8 Å². The molecule has 0 saturated heterocycles. The minimum Gasteiger partial charge on any atom is -0.396 e. The molecule has 1 heterocycles. The molecule has 2 amide bonds. The van der Waals surface area contributed by atoms with Crippen LogP contribution in [0.15, 0.2) is 30.6 Å². The Morgan fingerprint density at radius 3 is 2.83 bits per heavy atom. The predicted molar refractivity (Wildman–Crippen MR) is 90.0 cm³/mol. The van der Waals surface area contributed by atoms with E-state index in [1.807, 2.05) is 24.3 Å². The summed E-state index contributed by atoms with van der Waals surface area (Å²) in [7, 11) is 0. The minimum atomic E-state index is -0.146. The summed E-state index contributed by atoms with van der Waals surface area (Å²) in [6, 6.07) is 7.88. The van der Waals surface area contributed by atoms with Crippen LogP contribution in [0.3, 0.4) is 0 Å². The van der Waals surface area contributed by atoms with Gasteiger partial charge in [-0.05, 0) is 43.2 Å². The van der Waals surface area contributed by atoms with Crippen LogP contribution >= 0.6 is 0 Å². The lowest BCUT2D eigenvalue weighted by atomic mass is 9.87. The van der Waals surface area contributed by atoms with Crippen molar-refractivity contribution in [2.75, 3.05) is 6.61 Å². The van der Waals surface area contributed by atoms with Crippen LogP contribution in [0, 0.1) is 5.92 Å². The van der Waals surface area contributed by atoms with Gasteiger partial charge in [-0.3, -0.25) is 5.10 Å². The van der Waals surface area contributed by atoms with E-state index in [-0.39, 0.29) is 18.7 Å². The standard InChI is InChI=1S/C17H23N5O2/c23-10-12-4-6-15(7-5-12)21-17(24)18-9-13-2-1-3-14(8-13)16-19-11-20-22-16/h1-3,8,11-12,15,23H,4-7,9-10H2,(H2,18,21,24)(H,19,20,22). The number of H-pyrrole nitrogens is 1. The number of aromatic amines is 1. The smallest absolute Gasteiger partial charge is 0.315 e. The third kappa shape index (κ3) is 4.32. The molecule has 3 rings (SSSR count). The second-order valence-corrected chi connectivity index (χ2v) is 6.26. The SMILES string of the molecule is O=C(NCc1cccc(-c2ncn[nH]2)c1)NC1CCC(CO)CC1. The first kappa shape index (κ1) is 16.4. The maximum absolute atomic E-state index is 12.0. The number of aliphatic hydroxyl groups is 1. The summed E-state index contributed by atoms with van der Waals surface area (Å²) >= 11 is 0. The number of nitrogens with zero attached hydrogens (tertiary/aromatic N) is 2. The molecule has 0 aliphatic heterocycles. The van der Waals surface area contributed by atoms with E-state index >= 15 is 0 Å². The quantitative estimate of drug-likeness (QED) is 0.672. The molecule has 0 unspecified atom stereocenters. The molecular formula is C17H23N5O2. The van der Waals surface area contributed by atoms with Gasteiger partial charge in [0.15, 0.2) is 5.82 Å². The molecule has 128 valence electrons. The molecule has 1 saturated carbocycles. The number of amides is 2. The van der Waals surface area contributed by atoms with Crippen molar-refractivity contribution in [3.8, 4) is 11.4 Å². The molecule has 0 bridgehead atoms. The topological polar surface area (TPSA) is 103 Å². The molecule has 0 atom stereocenters. The molecule has 24 heavy (non-hydrogen) atoms. The average Bonchev–Trinajstić information content (AvgIpc) is 3.16. The summed E-state index contributed by atoms with van der Waals surface area (Å²) in [4.78, 5) is 16.2. The van der Waals surface area contributed by atoms with Crippen molar-refractivity contribution in [1.29, 1.82) is 0 Å². The van der Waals surface area contributed by atoms with E-state index in [9.17, 15) is 4.79 Å². The van der Waals surface area contributed by atoms with Crippen molar-refractivity contribution in [3.63, 3.8) is 0 Å². The molecule has 7 heteroatoms. The fourth-order valence-corrected chi connectivity index (χ4v) is 3.08. The highest BCUT2D eigenvalue weighted by atomic mass is 16.3. The van der Waals surface area contributed by atoms with Gasteiger partial charge in [0.2, 0.25) is 0 Å². The highest BCUT2D eigenvalue weighted by Gasteiger charge is 2.21. The van der Waals surface area contributed by atoms with Crippen molar-refractivity contribution < 1.29 is 9.90 Å². The third-order valence-corrected chi connectivity index (χ3v) is 4.51. The molecular weight excluding hydrogens is 306 g/mol. The molecule has 1 aromatic carbocycles. The van der Waals surface area contributed by atoms with Crippen molar-refractivity contribution in [1.82, 2.24) is 25.8 Å². The lowest BCUT2D eigenvalue weighted by Crippen LogP contribution is -2.43. The van der Waals surface area contributed by atoms with Gasteiger partial charge in [-0.2, -0.15) is 5.10 Å². The number of hydrogen-bond acceptors (Lipinski definition) is 4. The first-order valence-electron chi connectivity index (χ1n) is 8.34. The van der Waals surface area contributed by atoms with Gasteiger partial charge < -0.3 is 15.7 Å². The van der Waals surface area contributed by atoms with E-state index in [1.54, 1.807) is 0 Å². The summed E-state index contributed by atoms with van der Waals surface area (Å²) in [5, 5.41) is 21.7. The molecule has 1 aliphatic carbocycles. The van der Waals surface area contributed by atoms with Crippen molar-refractivity contribution >= 4 is 6.03 Å². The molecule has 1 fully saturated rings. The number of aromatic nitrogens is 3. The number of urea groups is 1. The second kappa shape index (κ2) is 7.92. The number of hydrogen-bond donors (Lipinski definition) is 4. The Hall–Kier alpha value is -2.41. The van der Waals surface area contributed by atoms with Crippen LogP contribution in [0.1, 0.15) is 31.2 Å². The third-order valence-electron chi connectivity index (χ3n) is 4.51. The highest BCUT2D eigenvalue weighted by Crippen LogP contribution is 2.23. The molecule has 7 nitrogen and oxygen atoms in total. The molecule has 1 aliphatic rings. The number of benzene rings is 1. The number of aliphatic hydroxyl groups excluding tert-OH is 1. The number of carbonyl (C=O) groups excluding carboxylic acids is 1. The van der Waals surface area contributed by atoms with E-state index < -0.39 is 0 Å². The van der Waals surface area contributed by atoms with Gasteiger partial charge in [-0.25, -0.2) is 9.78 Å². The van der Waals surface area contributed by atoms with Crippen LogP contribution in [0.5, 0.6) is 0 Å². The molecule has 1 aromatic heterocycles. The van der Waals surface area contributed by atoms with E-state index in [4.69, 9.17) is 5.11 Å². The zero-order chi connectivity index (χ0) is 16.8.